The Morgan fingerprint density at radius 2 is 1.00 bits per heavy atom. The van der Waals surface area contributed by atoms with Crippen LogP contribution in [0.4, 0.5) is 0 Å². The molecule has 0 amide bonds. The zero-order valence-electron chi connectivity index (χ0n) is 12.1. The maximum absolute atomic E-state index is 2.46. The molecule has 2 fully saturated rings. The Hall–Kier alpha value is 0.350. The van der Waals surface area contributed by atoms with E-state index >= 15 is 0 Å². The summed E-state index contributed by atoms with van der Waals surface area (Å²) >= 11 is 2.35. The van der Waals surface area contributed by atoms with E-state index in [1.165, 1.54) is 38.5 Å². The Morgan fingerprint density at radius 3 is 1.35 bits per heavy atom. The molecule has 0 aromatic rings. The molecule has 0 aliphatic heterocycles. The molecule has 100 valence electrons. The predicted molar refractivity (Wildman–Crippen MR) is 79.5 cm³/mol. The van der Waals surface area contributed by atoms with Gasteiger partial charge in [0.1, 0.15) is 0 Å². The highest BCUT2D eigenvalue weighted by Gasteiger charge is 2.30. The highest BCUT2D eigenvalue weighted by molar-refractivity contribution is 8.00. The molecule has 0 aromatic heterocycles. The quantitative estimate of drug-likeness (QED) is 0.638. The first-order valence-electron chi connectivity index (χ1n) is 7.71. The lowest BCUT2D eigenvalue weighted by Crippen LogP contribution is -2.27. The van der Waals surface area contributed by atoms with Crippen LogP contribution < -0.4 is 0 Å². The molecule has 0 nitrogen and oxygen atoms in total. The number of rotatable bonds is 2. The Morgan fingerprint density at radius 1 is 0.588 bits per heavy atom. The molecule has 2 rings (SSSR count). The van der Waals surface area contributed by atoms with E-state index in [1.54, 1.807) is 0 Å². The molecule has 17 heavy (non-hydrogen) atoms. The summed E-state index contributed by atoms with van der Waals surface area (Å²) in [6.45, 7) is 9.80. The second kappa shape index (κ2) is 5.99. The van der Waals surface area contributed by atoms with Crippen molar-refractivity contribution in [1.82, 2.24) is 0 Å². The smallest absolute Gasteiger partial charge is 0.00525 e. The Labute approximate surface area is 112 Å². The lowest BCUT2D eigenvalue weighted by atomic mass is 9.81. The highest BCUT2D eigenvalue weighted by Crippen LogP contribution is 2.42. The van der Waals surface area contributed by atoms with Crippen LogP contribution >= 0.6 is 11.8 Å². The van der Waals surface area contributed by atoms with Gasteiger partial charge in [-0.2, -0.15) is 11.8 Å². The van der Waals surface area contributed by atoms with Crippen LogP contribution in [0.5, 0.6) is 0 Å². The summed E-state index contributed by atoms with van der Waals surface area (Å²) < 4.78 is 0. The van der Waals surface area contributed by atoms with E-state index < -0.39 is 0 Å². The van der Waals surface area contributed by atoms with Gasteiger partial charge in [-0.3, -0.25) is 0 Å². The van der Waals surface area contributed by atoms with Crippen LogP contribution in [0.15, 0.2) is 0 Å². The van der Waals surface area contributed by atoms with Crippen molar-refractivity contribution in [1.29, 1.82) is 0 Å². The van der Waals surface area contributed by atoms with Crippen molar-refractivity contribution in [3.8, 4) is 0 Å². The van der Waals surface area contributed by atoms with Crippen LogP contribution in [0, 0.1) is 23.7 Å². The standard InChI is InChI=1S/C16H30S/c1-11-5-7-15(9-13(11)3)17-16-8-6-12(2)14(4)10-16/h11-16H,5-10H2,1-4H3/t11-,12?,13?,14?,15-,16?/m0/s1. The molecule has 0 heterocycles. The average molecular weight is 254 g/mol. The normalized spacial score (nSPS) is 48.0. The van der Waals surface area contributed by atoms with Gasteiger partial charge in [-0.1, -0.05) is 27.7 Å². The van der Waals surface area contributed by atoms with Gasteiger partial charge in [0.15, 0.2) is 0 Å². The van der Waals surface area contributed by atoms with Crippen molar-refractivity contribution in [2.24, 2.45) is 23.7 Å². The third-order valence-electron chi connectivity index (χ3n) is 5.49. The van der Waals surface area contributed by atoms with Crippen LogP contribution in [0.3, 0.4) is 0 Å². The van der Waals surface area contributed by atoms with Gasteiger partial charge in [-0.25, -0.2) is 0 Å². The molecule has 0 aromatic carbocycles. The molecular weight excluding hydrogens is 224 g/mol. The third-order valence-corrected chi connectivity index (χ3v) is 7.11. The highest BCUT2D eigenvalue weighted by atomic mass is 32.2. The van der Waals surface area contributed by atoms with E-state index in [-0.39, 0.29) is 0 Å². The van der Waals surface area contributed by atoms with Crippen molar-refractivity contribution in [2.75, 3.05) is 0 Å². The SMILES string of the molecule is CC1CCC(S[C@H]2CC[C@H](C)C(C)C2)CC1C. The van der Waals surface area contributed by atoms with Gasteiger partial charge in [0.25, 0.3) is 0 Å². The van der Waals surface area contributed by atoms with Crippen molar-refractivity contribution in [3.05, 3.63) is 0 Å². The van der Waals surface area contributed by atoms with Crippen LogP contribution in [0.1, 0.15) is 66.2 Å². The summed E-state index contributed by atoms with van der Waals surface area (Å²) in [5, 5.41) is 1.96. The van der Waals surface area contributed by atoms with E-state index in [4.69, 9.17) is 0 Å². The minimum absolute atomic E-state index is 0.959. The molecule has 0 saturated heterocycles. The van der Waals surface area contributed by atoms with Crippen LogP contribution in [0.25, 0.3) is 0 Å². The number of thioether (sulfide) groups is 1. The van der Waals surface area contributed by atoms with Crippen LogP contribution in [-0.2, 0) is 0 Å². The summed E-state index contributed by atoms with van der Waals surface area (Å²) in [5.41, 5.74) is 0. The molecule has 0 bridgehead atoms. The summed E-state index contributed by atoms with van der Waals surface area (Å²) in [5.74, 6) is 3.86. The molecular formula is C16H30S. The first kappa shape index (κ1) is 13.8. The molecule has 6 atom stereocenters. The summed E-state index contributed by atoms with van der Waals surface area (Å²) in [6, 6.07) is 0. The molecule has 4 unspecified atom stereocenters. The lowest BCUT2D eigenvalue weighted by Gasteiger charge is -2.37. The van der Waals surface area contributed by atoms with Crippen molar-refractivity contribution >= 4 is 11.8 Å². The Kier molecular flexibility index (Phi) is 4.86. The molecule has 0 radical (unpaired) electrons. The Bertz CT molecular complexity index is 214. The minimum Gasteiger partial charge on any atom is -0.155 e. The fourth-order valence-electron chi connectivity index (χ4n) is 3.52. The van der Waals surface area contributed by atoms with Gasteiger partial charge in [0, 0.05) is 10.5 Å². The molecule has 2 saturated carbocycles. The lowest BCUT2D eigenvalue weighted by molar-refractivity contribution is 0.273. The van der Waals surface area contributed by atoms with Gasteiger partial charge >= 0.3 is 0 Å². The largest absolute Gasteiger partial charge is 0.155 e. The van der Waals surface area contributed by atoms with Gasteiger partial charge in [-0.05, 0) is 62.2 Å². The first-order valence-corrected chi connectivity index (χ1v) is 8.66. The first-order chi connectivity index (χ1) is 8.06. The van der Waals surface area contributed by atoms with E-state index in [0.717, 1.165) is 34.2 Å². The van der Waals surface area contributed by atoms with Gasteiger partial charge in [-0.15, -0.1) is 0 Å². The van der Waals surface area contributed by atoms with E-state index in [0.29, 0.717) is 0 Å². The van der Waals surface area contributed by atoms with Crippen molar-refractivity contribution in [3.63, 3.8) is 0 Å². The fraction of sp³-hybridized carbons (Fsp3) is 1.00. The fourth-order valence-corrected chi connectivity index (χ4v) is 5.43. The van der Waals surface area contributed by atoms with E-state index in [2.05, 4.69) is 39.5 Å². The Balaban J connectivity index is 1.78. The predicted octanol–water partition coefficient (Wildman–Crippen LogP) is 5.37. The van der Waals surface area contributed by atoms with Gasteiger partial charge < -0.3 is 0 Å². The molecule has 2 aliphatic carbocycles. The average Bonchev–Trinajstić information content (AvgIpc) is 2.29. The molecule has 1 heteroatoms. The summed E-state index contributed by atoms with van der Waals surface area (Å²) in [4.78, 5) is 0. The van der Waals surface area contributed by atoms with Crippen LogP contribution in [-0.4, -0.2) is 10.5 Å². The minimum atomic E-state index is 0.959. The summed E-state index contributed by atoms with van der Waals surface area (Å²) in [6.07, 6.45) is 8.86. The second-order valence-electron chi connectivity index (χ2n) is 6.92. The zero-order valence-corrected chi connectivity index (χ0v) is 12.9. The monoisotopic (exact) mass is 254 g/mol. The number of hydrogen-bond donors (Lipinski definition) is 0. The second-order valence-corrected chi connectivity index (χ2v) is 8.52. The summed E-state index contributed by atoms with van der Waals surface area (Å²) in [7, 11) is 0. The van der Waals surface area contributed by atoms with Crippen molar-refractivity contribution in [2.45, 2.75) is 76.7 Å². The third kappa shape index (κ3) is 3.66. The van der Waals surface area contributed by atoms with Crippen LogP contribution in [0.2, 0.25) is 0 Å². The number of hydrogen-bond acceptors (Lipinski definition) is 1. The van der Waals surface area contributed by atoms with E-state index in [9.17, 15) is 0 Å². The maximum Gasteiger partial charge on any atom is 0.00525 e. The maximum atomic E-state index is 2.46. The van der Waals surface area contributed by atoms with E-state index in [1.807, 2.05) is 0 Å². The van der Waals surface area contributed by atoms with Crippen molar-refractivity contribution < 1.29 is 0 Å². The zero-order chi connectivity index (χ0) is 12.4. The molecule has 0 spiro atoms. The molecule has 0 N–H and O–H groups in total. The van der Waals surface area contributed by atoms with Gasteiger partial charge in [0.2, 0.25) is 0 Å². The topological polar surface area (TPSA) is 0 Å². The molecule has 2 aliphatic rings. The van der Waals surface area contributed by atoms with Gasteiger partial charge in [0.05, 0.1) is 0 Å².